The molecule has 0 aromatic heterocycles. The number of hydrogen-bond acceptors (Lipinski definition) is 2. The van der Waals surface area contributed by atoms with Gasteiger partial charge in [0.05, 0.1) is 11.3 Å². The third-order valence-corrected chi connectivity index (χ3v) is 3.26. The number of carboxylic acids is 1. The average Bonchev–Trinajstić information content (AvgIpc) is 2.69. The number of fused-ring (bicyclic) bond motifs is 3. The van der Waals surface area contributed by atoms with Crippen molar-refractivity contribution in [1.29, 1.82) is 0 Å². The second-order valence-corrected chi connectivity index (χ2v) is 4.19. The highest BCUT2D eigenvalue weighted by Crippen LogP contribution is 2.40. The number of carboxylic acid groups (broad SMARTS) is 1. The van der Waals surface area contributed by atoms with Crippen LogP contribution in [0.3, 0.4) is 0 Å². The summed E-state index contributed by atoms with van der Waals surface area (Å²) in [6.07, 6.45) is 0.721. The summed E-state index contributed by atoms with van der Waals surface area (Å²) in [6, 6.07) is 11.5. The summed E-state index contributed by atoms with van der Waals surface area (Å²) < 4.78 is 0. The number of nitrogens with two attached hydrogens (primary N) is 1. The highest BCUT2D eigenvalue weighted by atomic mass is 16.4. The molecule has 0 atom stereocenters. The minimum Gasteiger partial charge on any atom is -0.478 e. The highest BCUT2D eigenvalue weighted by molar-refractivity contribution is 5.97. The van der Waals surface area contributed by atoms with Gasteiger partial charge >= 0.3 is 5.97 Å². The summed E-state index contributed by atoms with van der Waals surface area (Å²) in [7, 11) is 0. The van der Waals surface area contributed by atoms with Crippen molar-refractivity contribution in [2.45, 2.75) is 6.42 Å². The molecule has 0 aliphatic heterocycles. The summed E-state index contributed by atoms with van der Waals surface area (Å²) in [5.41, 5.74) is 10.9. The number of hydrogen-bond donors (Lipinski definition) is 2. The van der Waals surface area contributed by atoms with Gasteiger partial charge < -0.3 is 10.8 Å². The summed E-state index contributed by atoms with van der Waals surface area (Å²) in [5.74, 6) is -0.971. The van der Waals surface area contributed by atoms with Crippen LogP contribution in [0.1, 0.15) is 21.5 Å². The molecule has 0 unspecified atom stereocenters. The zero-order chi connectivity index (χ0) is 12.0. The van der Waals surface area contributed by atoms with Crippen molar-refractivity contribution in [1.82, 2.24) is 0 Å². The summed E-state index contributed by atoms with van der Waals surface area (Å²) in [6.45, 7) is 0. The normalized spacial score (nSPS) is 12.0. The first-order chi connectivity index (χ1) is 8.18. The van der Waals surface area contributed by atoms with E-state index in [0.717, 1.165) is 23.1 Å². The molecule has 3 heteroatoms. The predicted molar refractivity (Wildman–Crippen MR) is 66.1 cm³/mol. The summed E-state index contributed by atoms with van der Waals surface area (Å²) in [5, 5.41) is 9.03. The van der Waals surface area contributed by atoms with Crippen LogP contribution >= 0.6 is 0 Å². The van der Waals surface area contributed by atoms with Crippen molar-refractivity contribution in [3.63, 3.8) is 0 Å². The topological polar surface area (TPSA) is 63.3 Å². The van der Waals surface area contributed by atoms with Crippen LogP contribution < -0.4 is 5.73 Å². The molecule has 0 saturated carbocycles. The quantitative estimate of drug-likeness (QED) is 0.625. The fourth-order valence-corrected chi connectivity index (χ4v) is 2.42. The molecule has 0 spiro atoms. The van der Waals surface area contributed by atoms with Crippen LogP contribution in [0.25, 0.3) is 11.1 Å². The zero-order valence-electron chi connectivity index (χ0n) is 9.10. The Hall–Kier alpha value is -2.29. The molecule has 0 bridgehead atoms. The van der Waals surface area contributed by atoms with Gasteiger partial charge in [0, 0.05) is 6.42 Å². The predicted octanol–water partition coefficient (Wildman–Crippen LogP) is 2.54. The van der Waals surface area contributed by atoms with E-state index in [4.69, 9.17) is 10.8 Å². The third-order valence-electron chi connectivity index (χ3n) is 3.26. The van der Waals surface area contributed by atoms with Gasteiger partial charge in [-0.1, -0.05) is 30.3 Å². The second kappa shape index (κ2) is 3.35. The number of anilines is 1. The first-order valence-electron chi connectivity index (χ1n) is 5.41. The zero-order valence-corrected chi connectivity index (χ0v) is 9.10. The Kier molecular flexibility index (Phi) is 1.95. The van der Waals surface area contributed by atoms with E-state index < -0.39 is 5.97 Å². The van der Waals surface area contributed by atoms with Gasteiger partial charge in [0.15, 0.2) is 0 Å². The van der Waals surface area contributed by atoms with Crippen LogP contribution in [0.5, 0.6) is 0 Å². The van der Waals surface area contributed by atoms with Gasteiger partial charge in [-0.15, -0.1) is 0 Å². The minimum absolute atomic E-state index is 0.191. The maximum absolute atomic E-state index is 11.0. The van der Waals surface area contributed by atoms with Crippen molar-refractivity contribution < 1.29 is 9.90 Å². The van der Waals surface area contributed by atoms with Gasteiger partial charge in [-0.05, 0) is 28.3 Å². The van der Waals surface area contributed by atoms with Crippen LogP contribution in [0.15, 0.2) is 36.4 Å². The number of benzene rings is 2. The lowest BCUT2D eigenvalue weighted by atomic mass is 10.0. The third kappa shape index (κ3) is 1.32. The van der Waals surface area contributed by atoms with Crippen LogP contribution in [0.2, 0.25) is 0 Å². The first-order valence-corrected chi connectivity index (χ1v) is 5.41. The van der Waals surface area contributed by atoms with Gasteiger partial charge in [-0.2, -0.15) is 0 Å². The molecule has 0 saturated heterocycles. The molecule has 3 N–H and O–H groups in total. The maximum atomic E-state index is 11.0. The monoisotopic (exact) mass is 225 g/mol. The Balaban J connectivity index is 2.25. The Morgan fingerprint density at radius 2 is 1.88 bits per heavy atom. The lowest BCUT2D eigenvalue weighted by Crippen LogP contribution is -2.05. The Morgan fingerprint density at radius 3 is 2.65 bits per heavy atom. The fraction of sp³-hybridized carbons (Fsp3) is 0.0714. The van der Waals surface area contributed by atoms with Crippen LogP contribution in [0, 0.1) is 0 Å². The molecule has 0 fully saturated rings. The van der Waals surface area contributed by atoms with Crippen LogP contribution in [0.4, 0.5) is 5.69 Å². The van der Waals surface area contributed by atoms with Crippen molar-refractivity contribution in [2.24, 2.45) is 0 Å². The Morgan fingerprint density at radius 1 is 1.12 bits per heavy atom. The molecule has 84 valence electrons. The van der Waals surface area contributed by atoms with Gasteiger partial charge in [0.1, 0.15) is 0 Å². The van der Waals surface area contributed by atoms with Gasteiger partial charge in [-0.3, -0.25) is 0 Å². The lowest BCUT2D eigenvalue weighted by Gasteiger charge is -2.07. The lowest BCUT2D eigenvalue weighted by molar-refractivity contribution is 0.0698. The summed E-state index contributed by atoms with van der Waals surface area (Å²) in [4.78, 5) is 11.0. The maximum Gasteiger partial charge on any atom is 0.337 e. The van der Waals surface area contributed by atoms with Gasteiger partial charge in [0.2, 0.25) is 0 Å². The molecule has 2 aromatic rings. The molecule has 1 aliphatic carbocycles. The number of carbonyl (C=O) groups is 1. The number of nitrogen functional groups attached to an aromatic ring is 1. The number of rotatable bonds is 1. The Labute approximate surface area is 98.5 Å². The van der Waals surface area contributed by atoms with E-state index in [9.17, 15) is 4.79 Å². The molecule has 1 aliphatic rings. The van der Waals surface area contributed by atoms with Crippen molar-refractivity contribution in [3.8, 4) is 11.1 Å². The van der Waals surface area contributed by atoms with E-state index in [1.165, 1.54) is 5.56 Å². The molecule has 0 amide bonds. The SMILES string of the molecule is Nc1c(C(=O)O)ccc2c1Cc1ccccc1-2. The molecule has 2 aromatic carbocycles. The minimum atomic E-state index is -0.971. The van der Waals surface area contributed by atoms with Gasteiger partial charge in [0.25, 0.3) is 0 Å². The van der Waals surface area contributed by atoms with E-state index in [0.29, 0.717) is 5.69 Å². The molecular weight excluding hydrogens is 214 g/mol. The molecule has 3 rings (SSSR count). The van der Waals surface area contributed by atoms with Crippen molar-refractivity contribution >= 4 is 11.7 Å². The fourth-order valence-electron chi connectivity index (χ4n) is 2.42. The van der Waals surface area contributed by atoms with Crippen molar-refractivity contribution in [3.05, 3.63) is 53.1 Å². The van der Waals surface area contributed by atoms with Crippen molar-refractivity contribution in [2.75, 3.05) is 5.73 Å². The largest absolute Gasteiger partial charge is 0.478 e. The van der Waals surface area contributed by atoms with E-state index in [-0.39, 0.29) is 5.56 Å². The molecule has 0 radical (unpaired) electrons. The van der Waals surface area contributed by atoms with Crippen LogP contribution in [-0.2, 0) is 6.42 Å². The van der Waals surface area contributed by atoms with E-state index in [2.05, 4.69) is 6.07 Å². The first kappa shape index (κ1) is 9.90. The molecular formula is C14H11NO2. The molecule has 0 heterocycles. The van der Waals surface area contributed by atoms with Gasteiger partial charge in [-0.25, -0.2) is 4.79 Å². The standard InChI is InChI=1S/C14H11NO2/c15-13-11(14(16)17)6-5-10-9-4-2-1-3-8(9)7-12(10)13/h1-6H,7,15H2,(H,16,17). The molecule has 3 nitrogen and oxygen atoms in total. The highest BCUT2D eigenvalue weighted by Gasteiger charge is 2.23. The number of aromatic carboxylic acids is 1. The van der Waals surface area contributed by atoms with E-state index in [1.54, 1.807) is 6.07 Å². The second-order valence-electron chi connectivity index (χ2n) is 4.19. The van der Waals surface area contributed by atoms with E-state index >= 15 is 0 Å². The Bertz CT molecular complexity index is 632. The van der Waals surface area contributed by atoms with Crippen LogP contribution in [-0.4, -0.2) is 11.1 Å². The summed E-state index contributed by atoms with van der Waals surface area (Å²) >= 11 is 0. The van der Waals surface area contributed by atoms with E-state index in [1.807, 2.05) is 24.3 Å². The molecule has 17 heavy (non-hydrogen) atoms. The smallest absolute Gasteiger partial charge is 0.337 e. The average molecular weight is 225 g/mol.